The number of fused-ring (bicyclic) bond motifs is 1. The number of carbonyl (C=O) groups excluding carboxylic acids is 1. The van der Waals surface area contributed by atoms with Gasteiger partial charge in [-0.25, -0.2) is 4.98 Å². The first kappa shape index (κ1) is 20.8. The first-order valence-electron chi connectivity index (χ1n) is 9.75. The highest BCUT2D eigenvalue weighted by Gasteiger charge is 2.24. The van der Waals surface area contributed by atoms with Gasteiger partial charge < -0.3 is 19.6 Å². The third kappa shape index (κ3) is 4.19. The number of rotatable bonds is 6. The molecular formula is C21H22ClN5O2S. The second-order valence-electron chi connectivity index (χ2n) is 7.33. The van der Waals surface area contributed by atoms with Gasteiger partial charge in [0.05, 0.1) is 35.0 Å². The van der Waals surface area contributed by atoms with E-state index >= 15 is 0 Å². The van der Waals surface area contributed by atoms with Crippen LogP contribution in [0, 0.1) is 25.2 Å². The number of imidazole rings is 1. The first-order chi connectivity index (χ1) is 14.5. The van der Waals surface area contributed by atoms with Crippen LogP contribution in [0.1, 0.15) is 29.7 Å². The number of thioether (sulfide) groups is 1. The summed E-state index contributed by atoms with van der Waals surface area (Å²) in [7, 11) is 0. The summed E-state index contributed by atoms with van der Waals surface area (Å²) in [6.45, 7) is 5.26. The van der Waals surface area contributed by atoms with Crippen LogP contribution in [0.5, 0.6) is 0 Å². The summed E-state index contributed by atoms with van der Waals surface area (Å²) in [4.78, 5) is 20.3. The normalized spacial score (nSPS) is 16.1. The van der Waals surface area contributed by atoms with Crippen LogP contribution in [0.4, 0.5) is 5.82 Å². The molecule has 1 saturated heterocycles. The molecule has 3 heterocycles. The van der Waals surface area contributed by atoms with Gasteiger partial charge in [-0.05, 0) is 50.5 Å². The number of H-pyrrole nitrogens is 1. The van der Waals surface area contributed by atoms with E-state index in [1.54, 1.807) is 12.1 Å². The Labute approximate surface area is 183 Å². The summed E-state index contributed by atoms with van der Waals surface area (Å²) in [6, 6.07) is 7.65. The van der Waals surface area contributed by atoms with Gasteiger partial charge in [0.15, 0.2) is 5.16 Å². The van der Waals surface area contributed by atoms with Crippen LogP contribution in [0.25, 0.3) is 11.0 Å². The van der Waals surface area contributed by atoms with E-state index in [9.17, 15) is 10.1 Å². The van der Waals surface area contributed by atoms with Crippen molar-refractivity contribution in [2.75, 3.05) is 17.7 Å². The number of carbonyl (C=O) groups is 1. The third-order valence-corrected chi connectivity index (χ3v) is 6.48. The van der Waals surface area contributed by atoms with E-state index in [4.69, 9.17) is 16.3 Å². The number of amides is 1. The molecule has 0 saturated carbocycles. The van der Waals surface area contributed by atoms with Crippen LogP contribution in [-0.2, 0) is 16.1 Å². The van der Waals surface area contributed by atoms with Crippen molar-refractivity contribution in [3.05, 3.63) is 40.0 Å². The topological polar surface area (TPSA) is 95.7 Å². The summed E-state index contributed by atoms with van der Waals surface area (Å²) in [5.74, 6) is 0.521. The van der Waals surface area contributed by atoms with Gasteiger partial charge in [-0.3, -0.25) is 4.79 Å². The molecule has 0 aliphatic carbocycles. The molecule has 0 spiro atoms. The lowest BCUT2D eigenvalue weighted by molar-refractivity contribution is -0.113. The molecule has 9 heteroatoms. The minimum atomic E-state index is -0.193. The lowest BCUT2D eigenvalue weighted by Gasteiger charge is -2.16. The van der Waals surface area contributed by atoms with E-state index in [1.807, 2.05) is 24.5 Å². The number of aromatic amines is 1. The Morgan fingerprint density at radius 1 is 1.50 bits per heavy atom. The summed E-state index contributed by atoms with van der Waals surface area (Å²) in [5, 5.41) is 13.9. The molecule has 1 aliphatic heterocycles. The van der Waals surface area contributed by atoms with Gasteiger partial charge in [-0.2, -0.15) is 5.26 Å². The second kappa shape index (κ2) is 8.72. The Kier molecular flexibility index (Phi) is 6.04. The number of hydrogen-bond donors (Lipinski definition) is 2. The van der Waals surface area contributed by atoms with Gasteiger partial charge in [-0.15, -0.1) is 0 Å². The van der Waals surface area contributed by atoms with Gasteiger partial charge in [0.2, 0.25) is 5.91 Å². The molecule has 0 bridgehead atoms. The fourth-order valence-electron chi connectivity index (χ4n) is 3.68. The van der Waals surface area contributed by atoms with E-state index in [0.717, 1.165) is 41.7 Å². The van der Waals surface area contributed by atoms with E-state index in [0.29, 0.717) is 28.1 Å². The zero-order valence-electron chi connectivity index (χ0n) is 16.8. The van der Waals surface area contributed by atoms with Gasteiger partial charge in [0, 0.05) is 17.3 Å². The molecule has 0 unspecified atom stereocenters. The molecule has 4 rings (SSSR count). The van der Waals surface area contributed by atoms with E-state index in [2.05, 4.69) is 21.4 Å². The van der Waals surface area contributed by atoms with Crippen molar-refractivity contribution in [2.45, 2.75) is 44.5 Å². The highest BCUT2D eigenvalue weighted by molar-refractivity contribution is 7.99. The Morgan fingerprint density at radius 3 is 3.07 bits per heavy atom. The van der Waals surface area contributed by atoms with E-state index in [1.165, 1.54) is 11.8 Å². The van der Waals surface area contributed by atoms with Crippen molar-refractivity contribution in [1.29, 1.82) is 5.26 Å². The number of aromatic nitrogens is 3. The molecule has 156 valence electrons. The van der Waals surface area contributed by atoms with Gasteiger partial charge in [0.1, 0.15) is 11.9 Å². The Bertz CT molecular complexity index is 1140. The number of nitrogens with one attached hydrogen (secondary N) is 2. The molecule has 1 aliphatic rings. The number of nitriles is 1. The minimum Gasteiger partial charge on any atom is -0.376 e. The second-order valence-corrected chi connectivity index (χ2v) is 8.73. The average molecular weight is 444 g/mol. The summed E-state index contributed by atoms with van der Waals surface area (Å²) in [5.41, 5.74) is 3.98. The van der Waals surface area contributed by atoms with Crippen LogP contribution in [-0.4, -0.2) is 38.9 Å². The monoisotopic (exact) mass is 443 g/mol. The highest BCUT2D eigenvalue weighted by atomic mass is 35.5. The van der Waals surface area contributed by atoms with Gasteiger partial charge in [-0.1, -0.05) is 23.4 Å². The predicted molar refractivity (Wildman–Crippen MR) is 118 cm³/mol. The zero-order valence-corrected chi connectivity index (χ0v) is 18.4. The van der Waals surface area contributed by atoms with Crippen molar-refractivity contribution < 1.29 is 9.53 Å². The Hall–Kier alpha value is -2.47. The lowest BCUT2D eigenvalue weighted by Crippen LogP contribution is -2.22. The number of ether oxygens (including phenoxy) is 1. The number of anilines is 1. The molecule has 1 atom stereocenters. The van der Waals surface area contributed by atoms with E-state index < -0.39 is 0 Å². The van der Waals surface area contributed by atoms with E-state index in [-0.39, 0.29) is 17.8 Å². The highest BCUT2D eigenvalue weighted by Crippen LogP contribution is 2.29. The fourth-order valence-corrected chi connectivity index (χ4v) is 4.54. The SMILES string of the molecule is Cc1c(C#N)c(NC(=O)CSc2nc3ccc(Cl)cc3[nH]2)n(C[C@@H]2CCCO2)c1C. The number of hydrogen-bond acceptors (Lipinski definition) is 5. The van der Waals surface area contributed by atoms with Crippen molar-refractivity contribution in [3.63, 3.8) is 0 Å². The minimum absolute atomic E-state index is 0.106. The quantitative estimate of drug-likeness (QED) is 0.550. The molecule has 1 fully saturated rings. The molecule has 30 heavy (non-hydrogen) atoms. The Morgan fingerprint density at radius 2 is 2.33 bits per heavy atom. The van der Waals surface area contributed by atoms with Crippen molar-refractivity contribution in [1.82, 2.24) is 14.5 Å². The summed E-state index contributed by atoms with van der Waals surface area (Å²) in [6.07, 6.45) is 2.13. The number of halogens is 1. The molecule has 0 radical (unpaired) electrons. The van der Waals surface area contributed by atoms with Crippen molar-refractivity contribution in [3.8, 4) is 6.07 Å². The molecule has 1 aromatic carbocycles. The standard InChI is InChI=1S/C21H22ClN5O2S/c1-12-13(2)27(10-15-4-3-7-29-15)20(16(12)9-23)26-19(28)11-30-21-24-17-6-5-14(22)8-18(17)25-21/h5-6,8,15H,3-4,7,10-11H2,1-2H3,(H,24,25)(H,26,28)/t15-/m0/s1. The van der Waals surface area contributed by atoms with Crippen LogP contribution in [0.3, 0.4) is 0 Å². The third-order valence-electron chi connectivity index (χ3n) is 5.37. The first-order valence-corrected chi connectivity index (χ1v) is 11.1. The van der Waals surface area contributed by atoms with Gasteiger partial charge >= 0.3 is 0 Å². The van der Waals surface area contributed by atoms with Crippen LogP contribution in [0.2, 0.25) is 5.02 Å². The Balaban J connectivity index is 1.48. The molecule has 2 N–H and O–H groups in total. The fraction of sp³-hybridized carbons (Fsp3) is 0.381. The largest absolute Gasteiger partial charge is 0.376 e. The van der Waals surface area contributed by atoms with Crippen molar-refractivity contribution >= 4 is 46.1 Å². The lowest BCUT2D eigenvalue weighted by atomic mass is 10.2. The van der Waals surface area contributed by atoms with Crippen molar-refractivity contribution in [2.24, 2.45) is 0 Å². The smallest absolute Gasteiger partial charge is 0.235 e. The summed E-state index contributed by atoms with van der Waals surface area (Å²) >= 11 is 7.31. The van der Waals surface area contributed by atoms with Crippen LogP contribution >= 0.6 is 23.4 Å². The maximum Gasteiger partial charge on any atom is 0.235 e. The zero-order chi connectivity index (χ0) is 21.3. The number of nitrogens with zero attached hydrogens (tertiary/aromatic N) is 3. The molecule has 3 aromatic rings. The number of benzene rings is 1. The molecule has 2 aromatic heterocycles. The van der Waals surface area contributed by atoms with Gasteiger partial charge in [0.25, 0.3) is 0 Å². The maximum atomic E-state index is 12.7. The molecular weight excluding hydrogens is 422 g/mol. The molecule has 7 nitrogen and oxygen atoms in total. The summed E-state index contributed by atoms with van der Waals surface area (Å²) < 4.78 is 7.75. The maximum absolute atomic E-state index is 12.7. The average Bonchev–Trinajstić information content (AvgIpc) is 3.42. The van der Waals surface area contributed by atoms with Crippen LogP contribution < -0.4 is 5.32 Å². The molecule has 1 amide bonds. The van der Waals surface area contributed by atoms with Crippen LogP contribution in [0.15, 0.2) is 23.4 Å². The predicted octanol–water partition coefficient (Wildman–Crippen LogP) is 4.42.